The van der Waals surface area contributed by atoms with Crippen molar-refractivity contribution in [2.24, 2.45) is 0 Å². The van der Waals surface area contributed by atoms with Crippen LogP contribution in [0.3, 0.4) is 0 Å². The Bertz CT molecular complexity index is 830. The van der Waals surface area contributed by atoms with Gasteiger partial charge in [0.15, 0.2) is 5.76 Å². The van der Waals surface area contributed by atoms with Gasteiger partial charge in [0.05, 0.1) is 10.2 Å². The van der Waals surface area contributed by atoms with Gasteiger partial charge in [-0.15, -0.1) is 0 Å². The number of anilines is 1. The number of aryl methyl sites for hydroxylation is 1. The molecule has 1 fully saturated rings. The van der Waals surface area contributed by atoms with Crippen LogP contribution < -0.4 is 4.90 Å². The Morgan fingerprint density at radius 3 is 2.57 bits per heavy atom. The Morgan fingerprint density at radius 1 is 1.22 bits per heavy atom. The molecule has 1 amide bonds. The summed E-state index contributed by atoms with van der Waals surface area (Å²) in [6, 6.07) is 12.4. The molecule has 1 saturated heterocycles. The van der Waals surface area contributed by atoms with Crippen molar-refractivity contribution in [1.82, 2.24) is 0 Å². The Labute approximate surface area is 147 Å². The lowest BCUT2D eigenvalue weighted by molar-refractivity contribution is -0.114. The molecule has 0 radical (unpaired) electrons. The summed E-state index contributed by atoms with van der Waals surface area (Å²) in [6.07, 6.45) is 1.59. The molecule has 23 heavy (non-hydrogen) atoms. The highest BCUT2D eigenvalue weighted by Gasteiger charge is 2.34. The van der Waals surface area contributed by atoms with E-state index in [2.05, 4.69) is 15.9 Å². The molecule has 4 nitrogen and oxygen atoms in total. The highest BCUT2D eigenvalue weighted by molar-refractivity contribution is 9.10. The lowest BCUT2D eigenvalue weighted by Crippen LogP contribution is -2.27. The van der Waals surface area contributed by atoms with Gasteiger partial charge in [-0.3, -0.25) is 4.79 Å². The summed E-state index contributed by atoms with van der Waals surface area (Å²) in [7, 11) is 0. The van der Waals surface area contributed by atoms with Gasteiger partial charge in [-0.25, -0.2) is 4.90 Å². The van der Waals surface area contributed by atoms with Crippen LogP contribution in [0.4, 0.5) is 5.69 Å². The summed E-state index contributed by atoms with van der Waals surface area (Å²) in [5, 5.41) is 9.62. The molecular weight excluding hydrogens is 378 g/mol. The highest BCUT2D eigenvalue weighted by atomic mass is 79.9. The van der Waals surface area contributed by atoms with Gasteiger partial charge in [-0.05, 0) is 71.0 Å². The fraction of sp³-hybridized carbons (Fsp3) is 0.0588. The molecular formula is C17H12BrNO3S. The van der Waals surface area contributed by atoms with Gasteiger partial charge in [-0.1, -0.05) is 23.8 Å². The average Bonchev–Trinajstić information content (AvgIpc) is 2.79. The predicted octanol–water partition coefficient (Wildman–Crippen LogP) is 4.15. The highest BCUT2D eigenvalue weighted by Crippen LogP contribution is 2.29. The summed E-state index contributed by atoms with van der Waals surface area (Å²) in [5.74, 6) is -0.0427. The lowest BCUT2D eigenvalue weighted by Gasteiger charge is -2.12. The number of nitrogens with zero attached hydrogens (tertiary/aromatic N) is 1. The summed E-state index contributed by atoms with van der Waals surface area (Å²) in [5.41, 5.74) is 2.48. The molecule has 0 saturated carbocycles. The summed E-state index contributed by atoms with van der Waals surface area (Å²) in [6.45, 7) is 1.97. The van der Waals surface area contributed by atoms with Crippen molar-refractivity contribution in [1.29, 1.82) is 0 Å². The summed E-state index contributed by atoms with van der Waals surface area (Å²) in [4.78, 5) is 13.9. The van der Waals surface area contributed by atoms with E-state index in [0.717, 1.165) is 5.56 Å². The van der Waals surface area contributed by atoms with E-state index in [1.54, 1.807) is 18.2 Å². The number of phenols is 1. The Kier molecular flexibility index (Phi) is 4.19. The second-order valence-corrected chi connectivity index (χ2v) is 6.27. The molecule has 1 aliphatic heterocycles. The van der Waals surface area contributed by atoms with Crippen LogP contribution >= 0.6 is 28.1 Å². The first-order valence-corrected chi connectivity index (χ1v) is 7.99. The average molecular weight is 390 g/mol. The Balaban J connectivity index is 1.92. The number of rotatable bonds is 2. The minimum Gasteiger partial charge on any atom is -0.507 e. The van der Waals surface area contributed by atoms with E-state index < -0.39 is 0 Å². The first-order chi connectivity index (χ1) is 11.0. The third kappa shape index (κ3) is 3.13. The molecule has 2 aromatic rings. The van der Waals surface area contributed by atoms with Gasteiger partial charge in [0, 0.05) is 0 Å². The molecule has 116 valence electrons. The number of halogens is 1. The molecule has 0 spiro atoms. The van der Waals surface area contributed by atoms with Crippen LogP contribution in [0.25, 0.3) is 6.08 Å². The van der Waals surface area contributed by atoms with E-state index in [4.69, 9.17) is 17.0 Å². The van der Waals surface area contributed by atoms with Crippen molar-refractivity contribution in [3.05, 3.63) is 63.8 Å². The molecule has 0 aromatic heterocycles. The van der Waals surface area contributed by atoms with Crippen LogP contribution in [0, 0.1) is 6.92 Å². The number of aromatic hydroxyl groups is 1. The molecule has 0 aliphatic carbocycles. The number of phenolic OH excluding ortho intramolecular Hbond substituents is 1. The molecule has 1 aliphatic rings. The van der Waals surface area contributed by atoms with Gasteiger partial charge < -0.3 is 9.84 Å². The zero-order chi connectivity index (χ0) is 16.6. The minimum absolute atomic E-state index is 0.1000. The van der Waals surface area contributed by atoms with E-state index in [-0.39, 0.29) is 22.6 Å². The third-order valence-electron chi connectivity index (χ3n) is 3.36. The quantitative estimate of drug-likeness (QED) is 0.618. The monoisotopic (exact) mass is 389 g/mol. The minimum atomic E-state index is -0.317. The summed E-state index contributed by atoms with van der Waals surface area (Å²) < 4.78 is 5.97. The Hall–Kier alpha value is -2.18. The van der Waals surface area contributed by atoms with Gasteiger partial charge >= 0.3 is 5.91 Å². The summed E-state index contributed by atoms with van der Waals surface area (Å²) >= 11 is 8.40. The largest absolute Gasteiger partial charge is 0.507 e. The molecule has 0 atom stereocenters. The predicted molar refractivity (Wildman–Crippen MR) is 96.1 cm³/mol. The van der Waals surface area contributed by atoms with Gasteiger partial charge in [0.25, 0.3) is 5.17 Å². The van der Waals surface area contributed by atoms with Crippen LogP contribution in [0.5, 0.6) is 5.75 Å². The van der Waals surface area contributed by atoms with Crippen LogP contribution in [0.1, 0.15) is 11.1 Å². The maximum atomic E-state index is 12.5. The number of benzene rings is 2. The van der Waals surface area contributed by atoms with Crippen LogP contribution in [0.15, 0.2) is 52.7 Å². The number of carbonyl (C=O) groups is 1. The zero-order valence-corrected chi connectivity index (χ0v) is 14.5. The second-order valence-electron chi connectivity index (χ2n) is 5.06. The molecule has 0 bridgehead atoms. The number of amides is 1. The van der Waals surface area contributed by atoms with Crippen molar-refractivity contribution in [2.75, 3.05) is 4.90 Å². The van der Waals surface area contributed by atoms with E-state index in [1.807, 2.05) is 31.2 Å². The van der Waals surface area contributed by atoms with Crippen LogP contribution in [0.2, 0.25) is 0 Å². The van der Waals surface area contributed by atoms with Crippen molar-refractivity contribution >= 4 is 51.0 Å². The van der Waals surface area contributed by atoms with Crippen molar-refractivity contribution < 1.29 is 14.6 Å². The standard InChI is InChI=1S/C17H12BrNO3S/c1-10-2-5-12(6-3-10)19-16(21)15(22-17(19)23)9-11-4-7-14(20)13(18)8-11/h2-9,20H,1H3/b15-9+. The maximum Gasteiger partial charge on any atom is 0.301 e. The van der Waals surface area contributed by atoms with E-state index >= 15 is 0 Å². The molecule has 0 unspecified atom stereocenters. The van der Waals surface area contributed by atoms with Gasteiger partial charge in [0.1, 0.15) is 5.75 Å². The van der Waals surface area contributed by atoms with Gasteiger partial charge in [-0.2, -0.15) is 0 Å². The molecule has 3 rings (SSSR count). The van der Waals surface area contributed by atoms with E-state index in [1.165, 1.54) is 11.0 Å². The van der Waals surface area contributed by atoms with Crippen LogP contribution in [-0.2, 0) is 9.53 Å². The number of thiocarbonyl (C=S) groups is 1. The van der Waals surface area contributed by atoms with Gasteiger partial charge in [0.2, 0.25) is 0 Å². The number of ether oxygens (including phenoxy) is 1. The third-order valence-corrected chi connectivity index (χ3v) is 4.26. The SMILES string of the molecule is Cc1ccc(N2C(=O)/C(=C\c3ccc(O)c(Br)c3)OC2=S)cc1. The number of hydrogen-bond acceptors (Lipinski definition) is 4. The zero-order valence-electron chi connectivity index (χ0n) is 12.1. The first-order valence-electron chi connectivity index (χ1n) is 6.79. The van der Waals surface area contributed by atoms with E-state index in [9.17, 15) is 9.90 Å². The van der Waals surface area contributed by atoms with Crippen molar-refractivity contribution in [3.63, 3.8) is 0 Å². The number of hydrogen-bond donors (Lipinski definition) is 1. The molecule has 6 heteroatoms. The topological polar surface area (TPSA) is 49.8 Å². The smallest absolute Gasteiger partial charge is 0.301 e. The normalized spacial score (nSPS) is 16.1. The fourth-order valence-electron chi connectivity index (χ4n) is 2.15. The molecule has 2 aromatic carbocycles. The molecule has 1 N–H and O–H groups in total. The second kappa shape index (κ2) is 6.14. The lowest BCUT2D eigenvalue weighted by atomic mass is 10.2. The van der Waals surface area contributed by atoms with Crippen molar-refractivity contribution in [2.45, 2.75) is 6.92 Å². The number of carbonyl (C=O) groups excluding carboxylic acids is 1. The Morgan fingerprint density at radius 2 is 1.91 bits per heavy atom. The van der Waals surface area contributed by atoms with E-state index in [0.29, 0.717) is 15.7 Å². The van der Waals surface area contributed by atoms with Crippen molar-refractivity contribution in [3.8, 4) is 5.75 Å². The maximum absolute atomic E-state index is 12.5. The fourth-order valence-corrected chi connectivity index (χ4v) is 2.82. The molecule has 1 heterocycles. The van der Waals surface area contributed by atoms with Crippen LogP contribution in [-0.4, -0.2) is 16.2 Å². The first kappa shape index (κ1) is 15.7.